The van der Waals surface area contributed by atoms with Gasteiger partial charge in [-0.15, -0.1) is 0 Å². The van der Waals surface area contributed by atoms with E-state index in [0.29, 0.717) is 26.4 Å². The summed E-state index contributed by atoms with van der Waals surface area (Å²) in [4.78, 5) is 12.5. The number of methoxy groups -OCH3 is 1. The Bertz CT molecular complexity index is 269. The lowest BCUT2D eigenvalue weighted by Crippen LogP contribution is -2.51. The van der Waals surface area contributed by atoms with Gasteiger partial charge in [0.25, 0.3) is 0 Å². The molecule has 0 bridgehead atoms. The smallest absolute Gasteiger partial charge is 0.228 e. The minimum Gasteiger partial charge on any atom is -0.384 e. The second-order valence-electron chi connectivity index (χ2n) is 5.01. The molecule has 1 saturated heterocycles. The summed E-state index contributed by atoms with van der Waals surface area (Å²) in [5, 5.41) is 6.22. The number of piperidine rings is 1. The van der Waals surface area contributed by atoms with Gasteiger partial charge in [-0.25, -0.2) is 0 Å². The first-order valence-corrected chi connectivity index (χ1v) is 7.39. The van der Waals surface area contributed by atoms with Crippen LogP contribution in [-0.4, -0.2) is 58.8 Å². The van der Waals surface area contributed by atoms with Gasteiger partial charge in [-0.3, -0.25) is 4.79 Å². The van der Waals surface area contributed by atoms with Crippen LogP contribution in [0.2, 0.25) is 0 Å². The maximum absolute atomic E-state index is 12.5. The van der Waals surface area contributed by atoms with Gasteiger partial charge in [0.1, 0.15) is 0 Å². The van der Waals surface area contributed by atoms with Crippen LogP contribution in [0, 0.1) is 5.41 Å². The van der Waals surface area contributed by atoms with Gasteiger partial charge in [0.05, 0.1) is 18.6 Å². The van der Waals surface area contributed by atoms with Crippen molar-refractivity contribution in [2.45, 2.75) is 33.0 Å². The molecule has 0 aromatic carbocycles. The summed E-state index contributed by atoms with van der Waals surface area (Å²) < 4.78 is 16.1. The van der Waals surface area contributed by atoms with Gasteiger partial charge in [0.2, 0.25) is 5.91 Å². The topological polar surface area (TPSA) is 68.8 Å². The fourth-order valence-corrected chi connectivity index (χ4v) is 2.52. The van der Waals surface area contributed by atoms with E-state index in [0.717, 1.165) is 25.9 Å². The maximum atomic E-state index is 12.5. The van der Waals surface area contributed by atoms with Crippen LogP contribution in [0.3, 0.4) is 0 Å². The Labute approximate surface area is 121 Å². The SMILES string of the molecule is CCOC(CNC(=O)C1(COC)CCNCC1)OCC. The van der Waals surface area contributed by atoms with Crippen molar-refractivity contribution in [1.29, 1.82) is 0 Å². The Morgan fingerprint density at radius 3 is 2.35 bits per heavy atom. The van der Waals surface area contributed by atoms with Crippen LogP contribution in [0.15, 0.2) is 0 Å². The fraction of sp³-hybridized carbons (Fsp3) is 0.929. The molecular formula is C14H28N2O4. The number of carbonyl (C=O) groups is 1. The summed E-state index contributed by atoms with van der Waals surface area (Å²) >= 11 is 0. The zero-order chi connectivity index (χ0) is 14.8. The van der Waals surface area contributed by atoms with Crippen LogP contribution >= 0.6 is 0 Å². The maximum Gasteiger partial charge on any atom is 0.228 e. The third-order valence-electron chi connectivity index (χ3n) is 3.60. The zero-order valence-electron chi connectivity index (χ0n) is 12.9. The van der Waals surface area contributed by atoms with Gasteiger partial charge in [0.15, 0.2) is 6.29 Å². The van der Waals surface area contributed by atoms with E-state index in [9.17, 15) is 4.79 Å². The lowest BCUT2D eigenvalue weighted by Gasteiger charge is -2.35. The Kier molecular flexibility index (Phi) is 8.06. The van der Waals surface area contributed by atoms with Crippen LogP contribution in [0.1, 0.15) is 26.7 Å². The zero-order valence-corrected chi connectivity index (χ0v) is 12.9. The molecule has 6 nitrogen and oxygen atoms in total. The molecule has 1 aliphatic heterocycles. The lowest BCUT2D eigenvalue weighted by molar-refractivity contribution is -0.148. The minimum atomic E-state index is -0.428. The van der Waals surface area contributed by atoms with E-state index in [-0.39, 0.29) is 12.2 Å². The summed E-state index contributed by atoms with van der Waals surface area (Å²) in [5.74, 6) is 0.0326. The van der Waals surface area contributed by atoms with Gasteiger partial charge in [-0.05, 0) is 39.8 Å². The van der Waals surface area contributed by atoms with Gasteiger partial charge >= 0.3 is 0 Å². The molecule has 0 atom stereocenters. The van der Waals surface area contributed by atoms with E-state index in [1.54, 1.807) is 7.11 Å². The second-order valence-corrected chi connectivity index (χ2v) is 5.01. The number of carbonyl (C=O) groups excluding carboxylic acids is 1. The predicted molar refractivity (Wildman–Crippen MR) is 76.5 cm³/mol. The molecule has 0 aliphatic carbocycles. The van der Waals surface area contributed by atoms with Crippen molar-refractivity contribution in [2.24, 2.45) is 5.41 Å². The Balaban J connectivity index is 2.52. The molecule has 1 heterocycles. The van der Waals surface area contributed by atoms with Crippen LogP contribution < -0.4 is 10.6 Å². The molecule has 0 saturated carbocycles. The largest absolute Gasteiger partial charge is 0.384 e. The fourth-order valence-electron chi connectivity index (χ4n) is 2.52. The first-order valence-electron chi connectivity index (χ1n) is 7.39. The summed E-state index contributed by atoms with van der Waals surface area (Å²) in [6.07, 6.45) is 1.21. The standard InChI is InChI=1S/C14H28N2O4/c1-4-19-12(20-5-2)10-16-13(17)14(11-18-3)6-8-15-9-7-14/h12,15H,4-11H2,1-3H3,(H,16,17). The molecule has 1 amide bonds. The second kappa shape index (κ2) is 9.28. The summed E-state index contributed by atoms with van der Waals surface area (Å²) in [5.41, 5.74) is -0.428. The Morgan fingerprint density at radius 1 is 1.25 bits per heavy atom. The molecule has 1 rings (SSSR count). The third kappa shape index (κ3) is 5.01. The monoisotopic (exact) mass is 288 g/mol. The number of ether oxygens (including phenoxy) is 3. The average molecular weight is 288 g/mol. The third-order valence-corrected chi connectivity index (χ3v) is 3.60. The van der Waals surface area contributed by atoms with E-state index in [4.69, 9.17) is 14.2 Å². The van der Waals surface area contributed by atoms with Crippen LogP contribution in [-0.2, 0) is 19.0 Å². The molecule has 1 fully saturated rings. The van der Waals surface area contributed by atoms with E-state index in [1.807, 2.05) is 13.8 Å². The molecular weight excluding hydrogens is 260 g/mol. The molecule has 0 unspecified atom stereocenters. The summed E-state index contributed by atoms with van der Waals surface area (Å²) in [6, 6.07) is 0. The van der Waals surface area contributed by atoms with Crippen molar-refractivity contribution in [3.8, 4) is 0 Å². The molecule has 0 spiro atoms. The van der Waals surface area contributed by atoms with Crippen molar-refractivity contribution in [1.82, 2.24) is 10.6 Å². The Morgan fingerprint density at radius 2 is 1.85 bits per heavy atom. The number of amides is 1. The Hall–Kier alpha value is -0.690. The highest BCUT2D eigenvalue weighted by Crippen LogP contribution is 2.29. The molecule has 2 N–H and O–H groups in total. The summed E-state index contributed by atoms with van der Waals surface area (Å²) in [6.45, 7) is 7.46. The number of hydrogen-bond donors (Lipinski definition) is 2. The molecule has 0 aromatic heterocycles. The first kappa shape index (κ1) is 17.4. The lowest BCUT2D eigenvalue weighted by atomic mass is 9.78. The van der Waals surface area contributed by atoms with Gasteiger partial charge < -0.3 is 24.8 Å². The highest BCUT2D eigenvalue weighted by atomic mass is 16.7. The normalized spacial score (nSPS) is 18.2. The van der Waals surface area contributed by atoms with Crippen molar-refractivity contribution < 1.29 is 19.0 Å². The predicted octanol–water partition coefficient (Wildman–Crippen LogP) is 0.518. The average Bonchev–Trinajstić information content (AvgIpc) is 2.46. The number of nitrogens with one attached hydrogen (secondary N) is 2. The highest BCUT2D eigenvalue weighted by Gasteiger charge is 2.39. The number of hydrogen-bond acceptors (Lipinski definition) is 5. The van der Waals surface area contributed by atoms with E-state index in [2.05, 4.69) is 10.6 Å². The molecule has 0 radical (unpaired) electrons. The number of rotatable bonds is 9. The molecule has 20 heavy (non-hydrogen) atoms. The van der Waals surface area contributed by atoms with Crippen molar-refractivity contribution in [3.05, 3.63) is 0 Å². The van der Waals surface area contributed by atoms with Gasteiger partial charge in [-0.2, -0.15) is 0 Å². The van der Waals surface area contributed by atoms with Crippen LogP contribution in [0.4, 0.5) is 0 Å². The highest BCUT2D eigenvalue weighted by molar-refractivity contribution is 5.83. The van der Waals surface area contributed by atoms with Gasteiger partial charge in [-0.1, -0.05) is 0 Å². The quantitative estimate of drug-likeness (QED) is 0.605. The van der Waals surface area contributed by atoms with Crippen LogP contribution in [0.5, 0.6) is 0 Å². The minimum absolute atomic E-state index is 0.0326. The van der Waals surface area contributed by atoms with Crippen molar-refractivity contribution in [3.63, 3.8) is 0 Å². The van der Waals surface area contributed by atoms with E-state index >= 15 is 0 Å². The summed E-state index contributed by atoms with van der Waals surface area (Å²) in [7, 11) is 1.64. The molecule has 118 valence electrons. The van der Waals surface area contributed by atoms with Crippen molar-refractivity contribution >= 4 is 5.91 Å². The van der Waals surface area contributed by atoms with E-state index < -0.39 is 5.41 Å². The molecule has 6 heteroatoms. The molecule has 0 aromatic rings. The first-order chi connectivity index (χ1) is 9.68. The van der Waals surface area contributed by atoms with Crippen molar-refractivity contribution in [2.75, 3.05) is 46.6 Å². The molecule has 1 aliphatic rings. The van der Waals surface area contributed by atoms with E-state index in [1.165, 1.54) is 0 Å². The van der Waals surface area contributed by atoms with Gasteiger partial charge in [0, 0.05) is 20.3 Å². The van der Waals surface area contributed by atoms with Crippen LogP contribution in [0.25, 0.3) is 0 Å².